The molecule has 1 unspecified atom stereocenters. The van der Waals surface area contributed by atoms with Crippen LogP contribution in [0, 0.1) is 5.82 Å². The largest absolute Gasteiger partial charge is 0.379 e. The van der Waals surface area contributed by atoms with Crippen molar-refractivity contribution in [2.75, 3.05) is 19.6 Å². The number of benzene rings is 2. The molecular weight excluding hydrogens is 343 g/mol. The number of amides is 1. The molecule has 1 atom stereocenters. The SMILES string of the molecule is O=C1N(CCCc2ccccc2)CCCC1(O)CNCc1ccccc1F. The summed E-state index contributed by atoms with van der Waals surface area (Å²) in [5.41, 5.74) is 0.379. The molecule has 1 heterocycles. The Morgan fingerprint density at radius 2 is 1.85 bits per heavy atom. The normalized spacial score (nSPS) is 20.1. The molecule has 5 heteroatoms. The summed E-state index contributed by atoms with van der Waals surface area (Å²) in [5, 5.41) is 13.9. The third kappa shape index (κ3) is 5.15. The first-order chi connectivity index (χ1) is 13.1. The Kier molecular flexibility index (Phi) is 6.58. The fraction of sp³-hybridized carbons (Fsp3) is 0.409. The number of nitrogens with zero attached hydrogens (tertiary/aromatic N) is 1. The maximum atomic E-state index is 13.7. The molecule has 1 saturated heterocycles. The second-order valence-electron chi connectivity index (χ2n) is 7.21. The van der Waals surface area contributed by atoms with E-state index in [0.717, 1.165) is 19.3 Å². The molecular formula is C22H27FN2O2. The molecule has 0 aromatic heterocycles. The first-order valence-electron chi connectivity index (χ1n) is 9.58. The molecule has 1 aliphatic heterocycles. The maximum absolute atomic E-state index is 13.7. The lowest BCUT2D eigenvalue weighted by atomic mass is 9.91. The third-order valence-electron chi connectivity index (χ3n) is 5.13. The Bertz CT molecular complexity index is 753. The lowest BCUT2D eigenvalue weighted by Crippen LogP contribution is -2.58. The quantitative estimate of drug-likeness (QED) is 0.751. The molecule has 144 valence electrons. The van der Waals surface area contributed by atoms with Crippen LogP contribution in [-0.4, -0.2) is 41.1 Å². The predicted molar refractivity (Wildman–Crippen MR) is 104 cm³/mol. The summed E-state index contributed by atoms with van der Waals surface area (Å²) in [5.74, 6) is -0.502. The van der Waals surface area contributed by atoms with Crippen LogP contribution in [-0.2, 0) is 17.8 Å². The highest BCUT2D eigenvalue weighted by Crippen LogP contribution is 2.23. The van der Waals surface area contributed by atoms with Crippen LogP contribution in [0.3, 0.4) is 0 Å². The van der Waals surface area contributed by atoms with Crippen molar-refractivity contribution in [3.05, 3.63) is 71.5 Å². The smallest absolute Gasteiger partial charge is 0.255 e. The van der Waals surface area contributed by atoms with Crippen LogP contribution in [0.5, 0.6) is 0 Å². The number of hydrogen-bond acceptors (Lipinski definition) is 3. The highest BCUT2D eigenvalue weighted by atomic mass is 19.1. The fourth-order valence-electron chi connectivity index (χ4n) is 3.61. The van der Waals surface area contributed by atoms with Crippen molar-refractivity contribution in [2.24, 2.45) is 0 Å². The Labute approximate surface area is 160 Å². The van der Waals surface area contributed by atoms with Gasteiger partial charge in [0.1, 0.15) is 5.82 Å². The van der Waals surface area contributed by atoms with Crippen molar-refractivity contribution >= 4 is 5.91 Å². The zero-order valence-corrected chi connectivity index (χ0v) is 15.5. The van der Waals surface area contributed by atoms with Crippen molar-refractivity contribution < 1.29 is 14.3 Å². The molecule has 0 radical (unpaired) electrons. The van der Waals surface area contributed by atoms with Gasteiger partial charge < -0.3 is 15.3 Å². The first-order valence-corrected chi connectivity index (χ1v) is 9.58. The molecule has 0 aliphatic carbocycles. The molecule has 2 N–H and O–H groups in total. The highest BCUT2D eigenvalue weighted by molar-refractivity contribution is 5.86. The lowest BCUT2D eigenvalue weighted by Gasteiger charge is -2.38. The Morgan fingerprint density at radius 3 is 2.63 bits per heavy atom. The standard InChI is InChI=1S/C22H27FN2O2/c23-20-12-5-4-11-19(20)16-24-17-22(27)13-7-15-25(21(22)26)14-6-10-18-8-2-1-3-9-18/h1-5,8-9,11-12,24,27H,6-7,10,13-17H2. The number of carbonyl (C=O) groups is 1. The minimum absolute atomic E-state index is 0.134. The van der Waals surface area contributed by atoms with E-state index in [-0.39, 0.29) is 24.8 Å². The number of carbonyl (C=O) groups excluding carboxylic acids is 1. The van der Waals surface area contributed by atoms with Gasteiger partial charge in [0.2, 0.25) is 0 Å². The van der Waals surface area contributed by atoms with E-state index in [1.807, 2.05) is 18.2 Å². The van der Waals surface area contributed by atoms with Crippen LogP contribution < -0.4 is 5.32 Å². The molecule has 0 saturated carbocycles. The van der Waals surface area contributed by atoms with Crippen molar-refractivity contribution in [1.82, 2.24) is 10.2 Å². The van der Waals surface area contributed by atoms with Crippen molar-refractivity contribution in [1.29, 1.82) is 0 Å². The number of aliphatic hydroxyl groups is 1. The van der Waals surface area contributed by atoms with Gasteiger partial charge in [-0.3, -0.25) is 4.79 Å². The predicted octanol–water partition coefficient (Wildman–Crippen LogP) is 2.90. The molecule has 3 rings (SSSR count). The molecule has 2 aromatic rings. The zero-order chi connectivity index (χ0) is 19.1. The Morgan fingerprint density at radius 1 is 1.11 bits per heavy atom. The zero-order valence-electron chi connectivity index (χ0n) is 15.5. The van der Waals surface area contributed by atoms with Crippen LogP contribution >= 0.6 is 0 Å². The van der Waals surface area contributed by atoms with Gasteiger partial charge in [-0.15, -0.1) is 0 Å². The average molecular weight is 370 g/mol. The van der Waals surface area contributed by atoms with Crippen LogP contribution in [0.2, 0.25) is 0 Å². The second kappa shape index (κ2) is 9.11. The Balaban J connectivity index is 1.49. The summed E-state index contributed by atoms with van der Waals surface area (Å²) < 4.78 is 13.7. The Hall–Kier alpha value is -2.24. The van der Waals surface area contributed by atoms with Crippen LogP contribution in [0.4, 0.5) is 4.39 Å². The first kappa shape index (κ1) is 19.5. The molecule has 1 fully saturated rings. The highest BCUT2D eigenvalue weighted by Gasteiger charge is 2.41. The van der Waals surface area contributed by atoms with E-state index in [4.69, 9.17) is 0 Å². The van der Waals surface area contributed by atoms with Gasteiger partial charge in [0.05, 0.1) is 0 Å². The van der Waals surface area contributed by atoms with Gasteiger partial charge in [-0.25, -0.2) is 4.39 Å². The van der Waals surface area contributed by atoms with E-state index < -0.39 is 5.60 Å². The van der Waals surface area contributed by atoms with E-state index >= 15 is 0 Å². The lowest BCUT2D eigenvalue weighted by molar-refractivity contribution is -0.156. The van der Waals surface area contributed by atoms with E-state index in [1.54, 1.807) is 23.1 Å². The van der Waals surface area contributed by atoms with Gasteiger partial charge >= 0.3 is 0 Å². The number of halogens is 1. The number of aryl methyl sites for hydroxylation is 1. The molecule has 4 nitrogen and oxygen atoms in total. The van der Waals surface area contributed by atoms with Crippen molar-refractivity contribution in [2.45, 2.75) is 37.8 Å². The van der Waals surface area contributed by atoms with Gasteiger partial charge in [-0.1, -0.05) is 48.5 Å². The monoisotopic (exact) mass is 370 g/mol. The second-order valence-corrected chi connectivity index (χ2v) is 7.21. The van der Waals surface area contributed by atoms with E-state index in [0.29, 0.717) is 25.1 Å². The van der Waals surface area contributed by atoms with Crippen molar-refractivity contribution in [3.63, 3.8) is 0 Å². The molecule has 0 bridgehead atoms. The number of rotatable bonds is 8. The van der Waals surface area contributed by atoms with Gasteiger partial charge in [0, 0.05) is 31.7 Å². The van der Waals surface area contributed by atoms with Crippen LogP contribution in [0.1, 0.15) is 30.4 Å². The summed E-state index contributed by atoms with van der Waals surface area (Å²) in [4.78, 5) is 14.5. The van der Waals surface area contributed by atoms with E-state index in [9.17, 15) is 14.3 Å². The van der Waals surface area contributed by atoms with E-state index in [1.165, 1.54) is 11.6 Å². The molecule has 1 amide bonds. The third-order valence-corrected chi connectivity index (χ3v) is 5.13. The fourth-order valence-corrected chi connectivity index (χ4v) is 3.61. The summed E-state index contributed by atoms with van der Waals surface area (Å²) in [6, 6.07) is 16.7. The summed E-state index contributed by atoms with van der Waals surface area (Å²) >= 11 is 0. The van der Waals surface area contributed by atoms with Gasteiger partial charge in [0.15, 0.2) is 5.60 Å². The van der Waals surface area contributed by atoms with Gasteiger partial charge in [0.25, 0.3) is 5.91 Å². The molecule has 1 aliphatic rings. The number of likely N-dealkylation sites (tertiary alicyclic amines) is 1. The summed E-state index contributed by atoms with van der Waals surface area (Å²) in [6.07, 6.45) is 2.99. The molecule has 0 spiro atoms. The van der Waals surface area contributed by atoms with Crippen LogP contribution in [0.25, 0.3) is 0 Å². The minimum atomic E-state index is -1.41. The van der Waals surface area contributed by atoms with Crippen molar-refractivity contribution in [3.8, 4) is 0 Å². The van der Waals surface area contributed by atoms with Gasteiger partial charge in [-0.2, -0.15) is 0 Å². The number of hydrogen-bond donors (Lipinski definition) is 2. The maximum Gasteiger partial charge on any atom is 0.255 e. The van der Waals surface area contributed by atoms with Gasteiger partial charge in [-0.05, 0) is 37.3 Å². The minimum Gasteiger partial charge on any atom is -0.379 e. The number of nitrogens with one attached hydrogen (secondary N) is 1. The van der Waals surface area contributed by atoms with Crippen LogP contribution in [0.15, 0.2) is 54.6 Å². The summed E-state index contributed by atoms with van der Waals surface area (Å²) in [6.45, 7) is 1.75. The molecule has 2 aromatic carbocycles. The average Bonchev–Trinajstić information content (AvgIpc) is 2.68. The molecule has 27 heavy (non-hydrogen) atoms. The number of piperidine rings is 1. The summed E-state index contributed by atoms with van der Waals surface area (Å²) in [7, 11) is 0. The van der Waals surface area contributed by atoms with E-state index in [2.05, 4.69) is 17.4 Å². The topological polar surface area (TPSA) is 52.6 Å².